The van der Waals surface area contributed by atoms with Gasteiger partial charge >= 0.3 is 0 Å². The van der Waals surface area contributed by atoms with Gasteiger partial charge in [0.25, 0.3) is 0 Å². The molecule has 0 radical (unpaired) electrons. The van der Waals surface area contributed by atoms with E-state index in [1.807, 2.05) is 6.92 Å². The van der Waals surface area contributed by atoms with Gasteiger partial charge in [-0.15, -0.1) is 0 Å². The van der Waals surface area contributed by atoms with Gasteiger partial charge in [-0.3, -0.25) is 4.79 Å². The van der Waals surface area contributed by atoms with Crippen LogP contribution in [0.25, 0.3) is 0 Å². The smallest absolute Gasteiger partial charge is 0.224 e. The number of hydrogen-bond donors (Lipinski definition) is 2. The fourth-order valence-electron chi connectivity index (χ4n) is 1.36. The summed E-state index contributed by atoms with van der Waals surface area (Å²) in [6.07, 6.45) is 0.162. The van der Waals surface area contributed by atoms with E-state index in [9.17, 15) is 19.8 Å². The molecule has 0 aliphatic carbocycles. The molecule has 5 heteroatoms. The van der Waals surface area contributed by atoms with Gasteiger partial charge in [0, 0.05) is 12.4 Å². The highest BCUT2D eigenvalue weighted by Gasteiger charge is 2.06. The zero-order chi connectivity index (χ0) is 12.8. The number of nitrogens with one attached hydrogen (secondary N) is 1. The topological polar surface area (TPSA) is 89.5 Å². The Morgan fingerprint density at radius 3 is 2.71 bits per heavy atom. The van der Waals surface area contributed by atoms with Crippen LogP contribution < -0.4 is 10.4 Å². The fraction of sp³-hybridized carbons (Fsp3) is 0.333. The lowest BCUT2D eigenvalue weighted by atomic mass is 10.2. The lowest BCUT2D eigenvalue weighted by Crippen LogP contribution is -2.22. The summed E-state index contributed by atoms with van der Waals surface area (Å²) in [5.74, 6) is -1.51. The SMILES string of the molecule is Cc1ccc(O)c(NC(=O)CCCC(=O)[O-])c1. The molecule has 1 rings (SSSR count). The van der Waals surface area contributed by atoms with Gasteiger partial charge in [0.1, 0.15) is 5.75 Å². The van der Waals surface area contributed by atoms with Crippen molar-refractivity contribution in [3.8, 4) is 5.75 Å². The van der Waals surface area contributed by atoms with E-state index < -0.39 is 5.97 Å². The number of hydrogen-bond acceptors (Lipinski definition) is 4. The van der Waals surface area contributed by atoms with Crippen molar-refractivity contribution in [3.63, 3.8) is 0 Å². The second-order valence-corrected chi connectivity index (χ2v) is 3.79. The average molecular weight is 236 g/mol. The molecule has 1 aromatic rings. The highest BCUT2D eigenvalue weighted by molar-refractivity contribution is 5.92. The number of carboxylic acid groups (broad SMARTS) is 1. The number of anilines is 1. The number of phenols is 1. The Labute approximate surface area is 99.1 Å². The van der Waals surface area contributed by atoms with Gasteiger partial charge in [0.05, 0.1) is 5.69 Å². The van der Waals surface area contributed by atoms with Crippen molar-refractivity contribution in [1.29, 1.82) is 0 Å². The first-order valence-electron chi connectivity index (χ1n) is 5.28. The van der Waals surface area contributed by atoms with Crippen LogP contribution in [0.5, 0.6) is 5.75 Å². The molecule has 0 atom stereocenters. The number of carbonyl (C=O) groups is 2. The van der Waals surface area contributed by atoms with Crippen LogP contribution in [0.3, 0.4) is 0 Å². The van der Waals surface area contributed by atoms with E-state index in [1.165, 1.54) is 6.07 Å². The Balaban J connectivity index is 2.50. The molecule has 0 aliphatic rings. The van der Waals surface area contributed by atoms with Gasteiger partial charge in [-0.2, -0.15) is 0 Å². The molecule has 1 amide bonds. The normalized spacial score (nSPS) is 9.94. The lowest BCUT2D eigenvalue weighted by Gasteiger charge is -2.08. The largest absolute Gasteiger partial charge is 0.550 e. The first-order valence-corrected chi connectivity index (χ1v) is 5.28. The standard InChI is InChI=1S/C12H15NO4/c1-8-5-6-10(14)9(7-8)13-11(15)3-2-4-12(16)17/h5-7,14H,2-4H2,1H3,(H,13,15)(H,16,17)/p-1. The van der Waals surface area contributed by atoms with Gasteiger partial charge in [0.15, 0.2) is 0 Å². The molecule has 0 bridgehead atoms. The molecular weight excluding hydrogens is 222 g/mol. The molecule has 0 fully saturated rings. The van der Waals surface area contributed by atoms with Gasteiger partial charge in [-0.1, -0.05) is 6.07 Å². The summed E-state index contributed by atoms with van der Waals surface area (Å²) in [6, 6.07) is 4.86. The van der Waals surface area contributed by atoms with Crippen molar-refractivity contribution in [3.05, 3.63) is 23.8 Å². The molecule has 0 saturated heterocycles. The number of amides is 1. The fourth-order valence-corrected chi connectivity index (χ4v) is 1.36. The Kier molecular flexibility index (Phi) is 4.51. The van der Waals surface area contributed by atoms with Crippen LogP contribution in [0.1, 0.15) is 24.8 Å². The highest BCUT2D eigenvalue weighted by atomic mass is 16.4. The van der Waals surface area contributed by atoms with Crippen molar-refractivity contribution in [2.24, 2.45) is 0 Å². The minimum absolute atomic E-state index is 0.0103. The number of phenolic OH excluding ortho intramolecular Hbond substituents is 1. The molecular formula is C12H14NO4-. The number of aryl methyl sites for hydroxylation is 1. The van der Waals surface area contributed by atoms with E-state index in [0.29, 0.717) is 5.69 Å². The molecule has 5 nitrogen and oxygen atoms in total. The van der Waals surface area contributed by atoms with Crippen molar-refractivity contribution in [2.45, 2.75) is 26.2 Å². The van der Waals surface area contributed by atoms with Gasteiger partial charge in [-0.25, -0.2) is 0 Å². The first kappa shape index (κ1) is 13.0. The van der Waals surface area contributed by atoms with Crippen LogP contribution in [-0.2, 0) is 9.59 Å². The zero-order valence-corrected chi connectivity index (χ0v) is 9.53. The number of carboxylic acids is 1. The van der Waals surface area contributed by atoms with E-state index in [1.54, 1.807) is 12.1 Å². The summed E-state index contributed by atoms with van der Waals surface area (Å²) in [7, 11) is 0. The number of aliphatic carboxylic acids is 1. The molecule has 0 spiro atoms. The molecule has 0 saturated carbocycles. The number of benzene rings is 1. The first-order chi connectivity index (χ1) is 7.99. The molecule has 0 heterocycles. The third kappa shape index (κ3) is 4.55. The van der Waals surface area contributed by atoms with E-state index >= 15 is 0 Å². The Morgan fingerprint density at radius 1 is 1.35 bits per heavy atom. The summed E-state index contributed by atoms with van der Waals surface area (Å²) < 4.78 is 0. The van der Waals surface area contributed by atoms with Crippen LogP contribution in [-0.4, -0.2) is 17.0 Å². The molecule has 0 aromatic heterocycles. The maximum atomic E-state index is 11.4. The highest BCUT2D eigenvalue weighted by Crippen LogP contribution is 2.23. The summed E-state index contributed by atoms with van der Waals surface area (Å²) in [5.41, 5.74) is 1.25. The Bertz CT molecular complexity index is 429. The van der Waals surface area contributed by atoms with Crippen LogP contribution in [0, 0.1) is 6.92 Å². The van der Waals surface area contributed by atoms with Crippen LogP contribution in [0.15, 0.2) is 18.2 Å². The monoisotopic (exact) mass is 236 g/mol. The Hall–Kier alpha value is -2.04. The minimum Gasteiger partial charge on any atom is -0.550 e. The predicted molar refractivity (Wildman–Crippen MR) is 60.3 cm³/mol. The molecule has 92 valence electrons. The lowest BCUT2D eigenvalue weighted by molar-refractivity contribution is -0.305. The summed E-state index contributed by atoms with van der Waals surface area (Å²) >= 11 is 0. The molecule has 2 N–H and O–H groups in total. The second kappa shape index (κ2) is 5.89. The second-order valence-electron chi connectivity index (χ2n) is 3.79. The molecule has 1 aromatic carbocycles. The minimum atomic E-state index is -1.17. The number of rotatable bonds is 5. The summed E-state index contributed by atoms with van der Waals surface area (Å²) in [4.78, 5) is 21.6. The third-order valence-electron chi connectivity index (χ3n) is 2.21. The van der Waals surface area contributed by atoms with Crippen molar-refractivity contribution < 1.29 is 19.8 Å². The zero-order valence-electron chi connectivity index (χ0n) is 9.53. The summed E-state index contributed by atoms with van der Waals surface area (Å²) in [6.45, 7) is 1.84. The quantitative estimate of drug-likeness (QED) is 0.731. The predicted octanol–water partition coefficient (Wildman–Crippen LogP) is 0.559. The average Bonchev–Trinajstić information content (AvgIpc) is 2.23. The van der Waals surface area contributed by atoms with E-state index in [-0.39, 0.29) is 30.9 Å². The Morgan fingerprint density at radius 2 is 2.06 bits per heavy atom. The van der Waals surface area contributed by atoms with Gasteiger partial charge < -0.3 is 20.3 Å². The molecule has 17 heavy (non-hydrogen) atoms. The maximum absolute atomic E-state index is 11.4. The van der Waals surface area contributed by atoms with E-state index in [0.717, 1.165) is 5.56 Å². The molecule has 0 unspecified atom stereocenters. The van der Waals surface area contributed by atoms with Crippen molar-refractivity contribution >= 4 is 17.6 Å². The van der Waals surface area contributed by atoms with Crippen LogP contribution in [0.2, 0.25) is 0 Å². The number of aromatic hydroxyl groups is 1. The molecule has 0 aliphatic heterocycles. The maximum Gasteiger partial charge on any atom is 0.224 e. The number of carbonyl (C=O) groups excluding carboxylic acids is 2. The van der Waals surface area contributed by atoms with Crippen molar-refractivity contribution in [2.75, 3.05) is 5.32 Å². The summed E-state index contributed by atoms with van der Waals surface area (Å²) in [5, 5.41) is 22.2. The van der Waals surface area contributed by atoms with Gasteiger partial charge in [0.2, 0.25) is 5.91 Å². The third-order valence-corrected chi connectivity index (χ3v) is 2.21. The van der Waals surface area contributed by atoms with E-state index in [4.69, 9.17) is 0 Å². The van der Waals surface area contributed by atoms with Crippen LogP contribution >= 0.6 is 0 Å². The van der Waals surface area contributed by atoms with Gasteiger partial charge in [-0.05, 0) is 37.5 Å². The van der Waals surface area contributed by atoms with Crippen LogP contribution in [0.4, 0.5) is 5.69 Å². The van der Waals surface area contributed by atoms with E-state index in [2.05, 4.69) is 5.32 Å². The van der Waals surface area contributed by atoms with Crippen molar-refractivity contribution in [1.82, 2.24) is 0 Å².